The van der Waals surface area contributed by atoms with Crippen molar-refractivity contribution < 1.29 is 19.8 Å². The lowest BCUT2D eigenvalue weighted by atomic mass is 10.0. The third-order valence-corrected chi connectivity index (χ3v) is 6.40. The van der Waals surface area contributed by atoms with Crippen LogP contribution >= 0.6 is 0 Å². The Morgan fingerprint density at radius 1 is 0.758 bits per heavy atom. The van der Waals surface area contributed by atoms with Crippen LogP contribution in [0.2, 0.25) is 0 Å². The van der Waals surface area contributed by atoms with Crippen LogP contribution in [0.5, 0.6) is 0 Å². The summed E-state index contributed by atoms with van der Waals surface area (Å²) in [4.78, 5) is 26.2. The Morgan fingerprint density at radius 3 is 1.88 bits per heavy atom. The Labute approximate surface area is 196 Å². The van der Waals surface area contributed by atoms with Crippen LogP contribution in [0.1, 0.15) is 29.5 Å². The smallest absolute Gasteiger partial charge is 0.414 e. The van der Waals surface area contributed by atoms with Crippen molar-refractivity contribution in [3.63, 3.8) is 0 Å². The number of carbonyl (C=O) groups is 2. The minimum atomic E-state index is -1.82. The lowest BCUT2D eigenvalue weighted by Crippen LogP contribution is -2.52. The lowest BCUT2D eigenvalue weighted by molar-refractivity contribution is -0.159. The Morgan fingerprint density at radius 2 is 1.30 bits per heavy atom. The first-order chi connectivity index (χ1) is 15.9. The molecule has 4 rings (SSSR count). The molecule has 0 bridgehead atoms. The fraction of sp³-hybridized carbons (Fsp3) is 0.462. The summed E-state index contributed by atoms with van der Waals surface area (Å²) < 4.78 is 0. The lowest BCUT2D eigenvalue weighted by Gasteiger charge is -2.43. The van der Waals surface area contributed by atoms with E-state index in [0.717, 1.165) is 19.1 Å². The number of aliphatic carboxylic acids is 2. The van der Waals surface area contributed by atoms with Crippen LogP contribution in [0, 0.1) is 6.92 Å². The van der Waals surface area contributed by atoms with Gasteiger partial charge >= 0.3 is 11.9 Å². The van der Waals surface area contributed by atoms with E-state index in [9.17, 15) is 0 Å². The molecule has 2 heterocycles. The summed E-state index contributed by atoms with van der Waals surface area (Å²) in [5, 5.41) is 14.8. The normalized spacial score (nSPS) is 18.3. The molecule has 2 saturated heterocycles. The molecule has 178 valence electrons. The molecule has 0 saturated carbocycles. The number of hydrogen-bond acceptors (Lipinski definition) is 5. The summed E-state index contributed by atoms with van der Waals surface area (Å²) in [5.74, 6) is -3.65. The van der Waals surface area contributed by atoms with Gasteiger partial charge in [0.15, 0.2) is 0 Å². The van der Waals surface area contributed by atoms with Gasteiger partial charge in [-0.25, -0.2) is 9.59 Å². The number of aryl methyl sites for hydroxylation is 1. The number of carboxylic acid groups (broad SMARTS) is 2. The third-order valence-electron chi connectivity index (χ3n) is 6.40. The van der Waals surface area contributed by atoms with E-state index in [4.69, 9.17) is 19.8 Å². The van der Waals surface area contributed by atoms with Crippen molar-refractivity contribution in [3.8, 4) is 0 Å². The zero-order chi connectivity index (χ0) is 23.6. The third kappa shape index (κ3) is 8.28. The summed E-state index contributed by atoms with van der Waals surface area (Å²) >= 11 is 0. The van der Waals surface area contributed by atoms with Crippen LogP contribution in [0.3, 0.4) is 0 Å². The maximum absolute atomic E-state index is 9.10. The number of piperazine rings is 1. The molecule has 0 amide bonds. The first-order valence-electron chi connectivity index (χ1n) is 11.6. The molecular formula is C26H35N3O4. The number of benzene rings is 2. The molecule has 2 fully saturated rings. The highest BCUT2D eigenvalue weighted by Crippen LogP contribution is 2.20. The number of nitrogens with zero attached hydrogens (tertiary/aromatic N) is 3. The van der Waals surface area contributed by atoms with Crippen molar-refractivity contribution in [3.05, 3.63) is 71.3 Å². The molecule has 0 aromatic heterocycles. The number of hydrogen-bond donors (Lipinski definition) is 2. The molecule has 7 heteroatoms. The van der Waals surface area contributed by atoms with Crippen molar-refractivity contribution in [2.24, 2.45) is 0 Å². The summed E-state index contributed by atoms with van der Waals surface area (Å²) in [6.07, 6.45) is 2.65. The molecule has 7 nitrogen and oxygen atoms in total. The molecule has 2 N–H and O–H groups in total. The molecule has 33 heavy (non-hydrogen) atoms. The van der Waals surface area contributed by atoms with Crippen LogP contribution in [-0.2, 0) is 22.7 Å². The van der Waals surface area contributed by atoms with Crippen molar-refractivity contribution in [1.82, 2.24) is 14.7 Å². The highest BCUT2D eigenvalue weighted by Gasteiger charge is 2.27. The summed E-state index contributed by atoms with van der Waals surface area (Å²) in [6, 6.07) is 20.7. The van der Waals surface area contributed by atoms with Crippen molar-refractivity contribution in [1.29, 1.82) is 0 Å². The summed E-state index contributed by atoms with van der Waals surface area (Å²) in [7, 11) is 0. The molecule has 0 aliphatic carbocycles. The fourth-order valence-electron chi connectivity index (χ4n) is 4.64. The minimum absolute atomic E-state index is 0.790. The average Bonchev–Trinajstić information content (AvgIpc) is 2.81. The van der Waals surface area contributed by atoms with Crippen molar-refractivity contribution >= 4 is 11.9 Å². The highest BCUT2D eigenvalue weighted by atomic mass is 16.4. The monoisotopic (exact) mass is 453 g/mol. The van der Waals surface area contributed by atoms with Crippen LogP contribution in [0.25, 0.3) is 0 Å². The van der Waals surface area contributed by atoms with Gasteiger partial charge in [-0.05, 0) is 44.0 Å². The summed E-state index contributed by atoms with van der Waals surface area (Å²) in [6.45, 7) is 11.8. The van der Waals surface area contributed by atoms with Gasteiger partial charge in [0.1, 0.15) is 0 Å². The molecular weight excluding hydrogens is 418 g/mol. The highest BCUT2D eigenvalue weighted by molar-refractivity contribution is 6.27. The van der Waals surface area contributed by atoms with Gasteiger partial charge in [0.25, 0.3) is 0 Å². The van der Waals surface area contributed by atoms with E-state index in [-0.39, 0.29) is 0 Å². The molecule has 2 aliphatic heterocycles. The molecule has 2 aromatic rings. The predicted molar refractivity (Wildman–Crippen MR) is 128 cm³/mol. The van der Waals surface area contributed by atoms with Gasteiger partial charge in [-0.1, -0.05) is 60.2 Å². The molecule has 0 spiro atoms. The second-order valence-electron chi connectivity index (χ2n) is 8.90. The molecule has 0 atom stereocenters. The molecule has 0 unspecified atom stereocenters. The van der Waals surface area contributed by atoms with E-state index in [1.54, 1.807) is 0 Å². The largest absolute Gasteiger partial charge is 0.473 e. The second-order valence-corrected chi connectivity index (χ2v) is 8.90. The standard InChI is InChI=1S/C24H33N3.C2H2O4/c1-21-6-5-9-23(18-21)20-26-14-16-27(17-15-26)24-10-12-25(13-11-24)19-22-7-3-2-4-8-22;3-1(4)2(5)6/h2-9,18,24H,10-17,19-20H2,1H3;(H,3,4)(H,5,6). The van der Waals surface area contributed by atoms with E-state index in [0.29, 0.717) is 0 Å². The van der Waals surface area contributed by atoms with Gasteiger partial charge < -0.3 is 10.2 Å². The number of piperidine rings is 1. The second kappa shape index (κ2) is 12.5. The SMILES string of the molecule is Cc1cccc(CN2CCN(C3CCN(Cc4ccccc4)CC3)CC2)c1.O=C(O)C(=O)O. The van der Waals surface area contributed by atoms with Crippen LogP contribution in [0.15, 0.2) is 54.6 Å². The van der Waals surface area contributed by atoms with Gasteiger partial charge in [0, 0.05) is 45.3 Å². The van der Waals surface area contributed by atoms with Gasteiger partial charge in [-0.2, -0.15) is 0 Å². The van der Waals surface area contributed by atoms with E-state index >= 15 is 0 Å². The maximum Gasteiger partial charge on any atom is 0.414 e. The van der Waals surface area contributed by atoms with E-state index in [2.05, 4.69) is 76.2 Å². The maximum atomic E-state index is 9.10. The van der Waals surface area contributed by atoms with E-state index in [1.165, 1.54) is 68.8 Å². The number of carboxylic acids is 2. The van der Waals surface area contributed by atoms with E-state index in [1.807, 2.05) is 0 Å². The molecule has 0 radical (unpaired) electrons. The minimum Gasteiger partial charge on any atom is -0.473 e. The fourth-order valence-corrected chi connectivity index (χ4v) is 4.64. The Balaban J connectivity index is 0.000000454. The zero-order valence-electron chi connectivity index (χ0n) is 19.4. The predicted octanol–water partition coefficient (Wildman–Crippen LogP) is 2.93. The van der Waals surface area contributed by atoms with Crippen LogP contribution < -0.4 is 0 Å². The van der Waals surface area contributed by atoms with Gasteiger partial charge in [-0.3, -0.25) is 14.7 Å². The Hall–Kier alpha value is -2.74. The van der Waals surface area contributed by atoms with Gasteiger partial charge in [0.05, 0.1) is 0 Å². The van der Waals surface area contributed by atoms with E-state index < -0.39 is 11.9 Å². The first-order valence-corrected chi connectivity index (χ1v) is 11.6. The van der Waals surface area contributed by atoms with Crippen LogP contribution in [-0.4, -0.2) is 82.2 Å². The number of likely N-dealkylation sites (tertiary alicyclic amines) is 1. The van der Waals surface area contributed by atoms with Crippen molar-refractivity contribution in [2.75, 3.05) is 39.3 Å². The molecule has 2 aliphatic rings. The number of rotatable bonds is 5. The zero-order valence-corrected chi connectivity index (χ0v) is 19.4. The first kappa shape index (κ1) is 24.9. The Kier molecular flexibility index (Phi) is 9.42. The summed E-state index contributed by atoms with van der Waals surface area (Å²) in [5.41, 5.74) is 4.27. The average molecular weight is 454 g/mol. The molecule has 2 aromatic carbocycles. The van der Waals surface area contributed by atoms with Crippen molar-refractivity contribution in [2.45, 2.75) is 38.9 Å². The topological polar surface area (TPSA) is 84.3 Å². The van der Waals surface area contributed by atoms with Gasteiger partial charge in [0.2, 0.25) is 0 Å². The van der Waals surface area contributed by atoms with Crippen LogP contribution in [0.4, 0.5) is 0 Å². The quantitative estimate of drug-likeness (QED) is 0.674. The van der Waals surface area contributed by atoms with Gasteiger partial charge in [-0.15, -0.1) is 0 Å². The Bertz CT molecular complexity index is 877.